The minimum absolute atomic E-state index is 1.00. The largest absolute Gasteiger partial charge is 0.448 e. The maximum atomic E-state index is 10.3. The van der Waals surface area contributed by atoms with Gasteiger partial charge in [-0.05, 0) is 0 Å². The average molecular weight is 181 g/mol. The van der Waals surface area contributed by atoms with E-state index in [1.807, 2.05) is 0 Å². The van der Waals surface area contributed by atoms with Gasteiger partial charge < -0.3 is 5.11 Å². The molecule has 0 unspecified atom stereocenters. The molecule has 46 valence electrons. The van der Waals surface area contributed by atoms with Crippen molar-refractivity contribution >= 4 is 15.9 Å². The van der Waals surface area contributed by atoms with Crippen molar-refractivity contribution < 1.29 is 18.3 Å². The van der Waals surface area contributed by atoms with Gasteiger partial charge in [0.2, 0.25) is 0 Å². The van der Waals surface area contributed by atoms with E-state index in [0.717, 1.165) is 7.11 Å². The first kappa shape index (κ1) is 10.3. The molecule has 0 spiro atoms. The lowest BCUT2D eigenvalue weighted by molar-refractivity contribution is -0.0245. The SMILES string of the molecule is CO.FC(F)(F)Br. The highest BCUT2D eigenvalue weighted by atomic mass is 79.9. The monoisotopic (exact) mass is 180 g/mol. The Morgan fingerprint density at radius 1 is 1.29 bits per heavy atom. The lowest BCUT2D eigenvalue weighted by Gasteiger charge is -1.85. The highest BCUT2D eigenvalue weighted by Gasteiger charge is 2.19. The number of halogens is 4. The van der Waals surface area contributed by atoms with Crippen molar-refractivity contribution in [2.45, 2.75) is 5.09 Å². The predicted molar refractivity (Wildman–Crippen MR) is 23.1 cm³/mol. The van der Waals surface area contributed by atoms with Gasteiger partial charge in [0.25, 0.3) is 0 Å². The number of aliphatic hydroxyl groups excluding tert-OH is 1. The zero-order valence-corrected chi connectivity index (χ0v) is 5.05. The van der Waals surface area contributed by atoms with E-state index in [0.29, 0.717) is 0 Å². The molecule has 0 aliphatic heterocycles. The third-order valence-electron chi connectivity index (χ3n) is 0. The fourth-order valence-corrected chi connectivity index (χ4v) is 0. The van der Waals surface area contributed by atoms with Gasteiger partial charge in [-0.3, -0.25) is 0 Å². The van der Waals surface area contributed by atoms with E-state index in [2.05, 4.69) is 0 Å². The summed E-state index contributed by atoms with van der Waals surface area (Å²) in [4.78, 5) is 0. The van der Waals surface area contributed by atoms with Crippen LogP contribution in [-0.4, -0.2) is 17.3 Å². The van der Waals surface area contributed by atoms with E-state index in [1.54, 1.807) is 0 Å². The molecule has 0 heterocycles. The molecule has 0 rings (SSSR count). The molecule has 0 aliphatic rings. The van der Waals surface area contributed by atoms with Crippen LogP contribution >= 0.6 is 15.9 Å². The van der Waals surface area contributed by atoms with E-state index in [-0.39, 0.29) is 0 Å². The van der Waals surface area contributed by atoms with Crippen LogP contribution in [0.1, 0.15) is 0 Å². The van der Waals surface area contributed by atoms with Gasteiger partial charge in [-0.1, -0.05) is 0 Å². The van der Waals surface area contributed by atoms with Gasteiger partial charge in [0.05, 0.1) is 0 Å². The predicted octanol–water partition coefficient (Wildman–Crippen LogP) is 1.51. The molecule has 0 amide bonds. The molecular weight excluding hydrogens is 177 g/mol. The number of hydrogen-bond donors (Lipinski definition) is 1. The van der Waals surface area contributed by atoms with Crippen LogP contribution in [0.5, 0.6) is 0 Å². The fourth-order valence-electron chi connectivity index (χ4n) is 0. The van der Waals surface area contributed by atoms with Crippen LogP contribution in [0.2, 0.25) is 0 Å². The Bertz CT molecular complexity index is 28.4. The zero-order chi connectivity index (χ0) is 6.50. The summed E-state index contributed by atoms with van der Waals surface area (Å²) >= 11 is 1.38. The highest BCUT2D eigenvalue weighted by Crippen LogP contribution is 2.21. The van der Waals surface area contributed by atoms with E-state index in [9.17, 15) is 13.2 Å². The van der Waals surface area contributed by atoms with Crippen LogP contribution in [0, 0.1) is 0 Å². The van der Waals surface area contributed by atoms with Crippen molar-refractivity contribution in [2.75, 3.05) is 7.11 Å². The minimum Gasteiger partial charge on any atom is -0.400 e. The average Bonchev–Trinajstić information content (AvgIpc) is 1.36. The van der Waals surface area contributed by atoms with Crippen molar-refractivity contribution in [1.29, 1.82) is 0 Å². The Balaban J connectivity index is 0. The maximum Gasteiger partial charge on any atom is 0.448 e. The number of alkyl halides is 4. The molecule has 0 atom stereocenters. The normalized spacial score (nSPS) is 9.43. The molecule has 0 radical (unpaired) electrons. The van der Waals surface area contributed by atoms with E-state index in [4.69, 9.17) is 5.11 Å². The first-order chi connectivity index (χ1) is 3.00. The third kappa shape index (κ3) is 2110. The van der Waals surface area contributed by atoms with Crippen LogP contribution in [0.4, 0.5) is 13.2 Å². The van der Waals surface area contributed by atoms with Gasteiger partial charge >= 0.3 is 5.09 Å². The Morgan fingerprint density at radius 3 is 1.29 bits per heavy atom. The van der Waals surface area contributed by atoms with Crippen LogP contribution in [0.3, 0.4) is 0 Å². The minimum atomic E-state index is -4.19. The fraction of sp³-hybridized carbons (Fsp3) is 1.00. The van der Waals surface area contributed by atoms with Gasteiger partial charge in [-0.15, -0.1) is 0 Å². The molecular formula is C2H4BrF3O. The molecule has 0 aromatic carbocycles. The lowest BCUT2D eigenvalue weighted by atomic mass is 11.6. The molecule has 0 saturated heterocycles. The van der Waals surface area contributed by atoms with Crippen LogP contribution < -0.4 is 0 Å². The van der Waals surface area contributed by atoms with Crippen LogP contribution in [0.15, 0.2) is 0 Å². The smallest absolute Gasteiger partial charge is 0.400 e. The van der Waals surface area contributed by atoms with Crippen molar-refractivity contribution in [1.82, 2.24) is 0 Å². The van der Waals surface area contributed by atoms with Gasteiger partial charge in [0.1, 0.15) is 0 Å². The Hall–Kier alpha value is 0.230. The van der Waals surface area contributed by atoms with Gasteiger partial charge in [0, 0.05) is 23.0 Å². The third-order valence-corrected chi connectivity index (χ3v) is 0. The van der Waals surface area contributed by atoms with E-state index < -0.39 is 5.09 Å². The summed E-state index contributed by atoms with van der Waals surface area (Å²) in [5.41, 5.74) is 0. The topological polar surface area (TPSA) is 20.2 Å². The molecule has 0 fully saturated rings. The summed E-state index contributed by atoms with van der Waals surface area (Å²) in [6, 6.07) is 0. The summed E-state index contributed by atoms with van der Waals surface area (Å²) in [6.45, 7) is 0. The first-order valence-electron chi connectivity index (χ1n) is 1.20. The number of hydrogen-bond acceptors (Lipinski definition) is 1. The summed E-state index contributed by atoms with van der Waals surface area (Å²) in [5.74, 6) is 0. The molecule has 0 aliphatic carbocycles. The Labute approximate surface area is 47.3 Å². The second-order valence-corrected chi connectivity index (χ2v) is 1.33. The van der Waals surface area contributed by atoms with E-state index in [1.165, 1.54) is 15.9 Å². The molecule has 1 N–H and O–H groups in total. The van der Waals surface area contributed by atoms with E-state index >= 15 is 0 Å². The van der Waals surface area contributed by atoms with Gasteiger partial charge in [0.15, 0.2) is 0 Å². The quantitative estimate of drug-likeness (QED) is 0.561. The molecule has 0 aromatic heterocycles. The Kier molecular flexibility index (Phi) is 6.43. The highest BCUT2D eigenvalue weighted by molar-refractivity contribution is 9.09. The Morgan fingerprint density at radius 2 is 1.29 bits per heavy atom. The standard InChI is InChI=1S/CBrF3.CH4O/c2-1(3,4)5;1-2/h;2H,1H3. The molecule has 5 heteroatoms. The molecule has 0 saturated carbocycles. The number of rotatable bonds is 0. The number of aliphatic hydroxyl groups is 1. The van der Waals surface area contributed by atoms with Gasteiger partial charge in [-0.2, -0.15) is 13.2 Å². The summed E-state index contributed by atoms with van der Waals surface area (Å²) < 4.78 is 30.8. The second kappa shape index (κ2) is 4.39. The zero-order valence-electron chi connectivity index (χ0n) is 3.46. The van der Waals surface area contributed by atoms with Crippen LogP contribution in [0.25, 0.3) is 0 Å². The van der Waals surface area contributed by atoms with Crippen molar-refractivity contribution in [3.63, 3.8) is 0 Å². The second-order valence-electron chi connectivity index (χ2n) is 0.429. The molecule has 0 bridgehead atoms. The van der Waals surface area contributed by atoms with Gasteiger partial charge in [-0.25, -0.2) is 0 Å². The molecule has 0 aromatic rings. The first-order valence-corrected chi connectivity index (χ1v) is 2.00. The molecule has 1 nitrogen and oxygen atoms in total. The van der Waals surface area contributed by atoms with Crippen molar-refractivity contribution in [3.8, 4) is 0 Å². The molecule has 7 heavy (non-hydrogen) atoms. The maximum absolute atomic E-state index is 10.3. The van der Waals surface area contributed by atoms with Crippen molar-refractivity contribution in [3.05, 3.63) is 0 Å². The summed E-state index contributed by atoms with van der Waals surface area (Å²) in [7, 11) is 1.00. The van der Waals surface area contributed by atoms with Crippen molar-refractivity contribution in [2.24, 2.45) is 0 Å². The van der Waals surface area contributed by atoms with Crippen LogP contribution in [-0.2, 0) is 0 Å². The lowest BCUT2D eigenvalue weighted by Crippen LogP contribution is -1.88. The summed E-state index contributed by atoms with van der Waals surface area (Å²) in [6.07, 6.45) is 0. The summed E-state index contributed by atoms with van der Waals surface area (Å²) in [5, 5.41) is 2.81.